The summed E-state index contributed by atoms with van der Waals surface area (Å²) in [6, 6.07) is 5.62. The van der Waals surface area contributed by atoms with Crippen LogP contribution in [0.1, 0.15) is 19.3 Å². The van der Waals surface area contributed by atoms with E-state index in [0.717, 1.165) is 12.8 Å². The number of nitrogens with zero attached hydrogens (tertiary/aromatic N) is 1. The maximum atomic E-state index is 12.2. The second-order valence-corrected chi connectivity index (χ2v) is 6.15. The highest BCUT2D eigenvalue weighted by molar-refractivity contribution is 6.42. The first-order valence-electron chi connectivity index (χ1n) is 6.79. The van der Waals surface area contributed by atoms with Gasteiger partial charge >= 0.3 is 6.09 Å². The standard InChI is InChI=1S/C14H16Cl2N2O2.ClH/c15-12-5-4-11(6-13(12)16)20-14(19)18-7-9-2-1-3-10(8-18)17-9;/h4-6,9-10,17H,1-3,7-8H2;1H. The summed E-state index contributed by atoms with van der Waals surface area (Å²) in [5.41, 5.74) is 0. The fourth-order valence-electron chi connectivity index (χ4n) is 2.86. The highest BCUT2D eigenvalue weighted by Crippen LogP contribution is 2.27. The van der Waals surface area contributed by atoms with Crippen LogP contribution in [0.4, 0.5) is 4.79 Å². The molecule has 1 N–H and O–H groups in total. The zero-order valence-corrected chi connectivity index (χ0v) is 13.7. The number of hydrogen-bond acceptors (Lipinski definition) is 3. The van der Waals surface area contributed by atoms with Gasteiger partial charge in [0.15, 0.2) is 0 Å². The number of nitrogens with one attached hydrogen (secondary N) is 1. The molecule has 2 fully saturated rings. The largest absolute Gasteiger partial charge is 0.415 e. The van der Waals surface area contributed by atoms with Crippen molar-refractivity contribution in [2.24, 2.45) is 0 Å². The quantitative estimate of drug-likeness (QED) is 0.838. The Morgan fingerprint density at radius 3 is 2.48 bits per heavy atom. The predicted molar refractivity (Wildman–Crippen MR) is 85.9 cm³/mol. The normalized spacial score (nSPS) is 24.2. The minimum atomic E-state index is -0.318. The van der Waals surface area contributed by atoms with E-state index < -0.39 is 0 Å². The number of rotatable bonds is 1. The Kier molecular flexibility index (Phi) is 5.60. The lowest BCUT2D eigenvalue weighted by Gasteiger charge is -2.41. The van der Waals surface area contributed by atoms with Gasteiger partial charge in [-0.2, -0.15) is 0 Å². The number of piperazine rings is 1. The number of fused-ring (bicyclic) bond motifs is 2. The number of hydrogen-bond donors (Lipinski definition) is 1. The average molecular weight is 352 g/mol. The summed E-state index contributed by atoms with van der Waals surface area (Å²) in [6.07, 6.45) is 3.15. The van der Waals surface area contributed by atoms with Gasteiger partial charge in [-0.05, 0) is 25.0 Å². The zero-order chi connectivity index (χ0) is 14.1. The summed E-state index contributed by atoms with van der Waals surface area (Å²) >= 11 is 11.8. The monoisotopic (exact) mass is 350 g/mol. The number of likely N-dealkylation sites (tertiary alicyclic amines) is 1. The van der Waals surface area contributed by atoms with Gasteiger partial charge in [-0.1, -0.05) is 29.6 Å². The molecule has 2 bridgehead atoms. The Balaban J connectivity index is 0.00000161. The highest BCUT2D eigenvalue weighted by Gasteiger charge is 2.32. The minimum absolute atomic E-state index is 0. The van der Waals surface area contributed by atoms with Crippen LogP contribution < -0.4 is 10.1 Å². The van der Waals surface area contributed by atoms with Crippen LogP contribution in [0, 0.1) is 0 Å². The Hall–Kier alpha value is -0.680. The first kappa shape index (κ1) is 16.7. The van der Waals surface area contributed by atoms with E-state index in [0.29, 0.717) is 41.0 Å². The van der Waals surface area contributed by atoms with E-state index in [1.165, 1.54) is 6.42 Å². The summed E-state index contributed by atoms with van der Waals surface area (Å²) in [6.45, 7) is 1.41. The van der Waals surface area contributed by atoms with Gasteiger partial charge in [0.25, 0.3) is 0 Å². The molecule has 2 saturated heterocycles. The molecule has 0 aliphatic carbocycles. The topological polar surface area (TPSA) is 41.6 Å². The van der Waals surface area contributed by atoms with E-state index in [1.807, 2.05) is 0 Å². The maximum Gasteiger partial charge on any atom is 0.415 e. The molecule has 0 aromatic heterocycles. The van der Waals surface area contributed by atoms with Crippen molar-refractivity contribution in [3.05, 3.63) is 28.2 Å². The predicted octanol–water partition coefficient (Wildman–Crippen LogP) is 3.74. The van der Waals surface area contributed by atoms with Crippen LogP contribution in [0.2, 0.25) is 10.0 Å². The summed E-state index contributed by atoms with van der Waals surface area (Å²) in [5, 5.41) is 4.36. The first-order valence-corrected chi connectivity index (χ1v) is 7.55. The molecule has 1 amide bonds. The number of amides is 1. The fraction of sp³-hybridized carbons (Fsp3) is 0.500. The molecule has 3 rings (SSSR count). The van der Waals surface area contributed by atoms with Crippen LogP contribution in [0.25, 0.3) is 0 Å². The maximum absolute atomic E-state index is 12.2. The van der Waals surface area contributed by atoms with E-state index in [4.69, 9.17) is 27.9 Å². The molecule has 4 nitrogen and oxygen atoms in total. The molecule has 2 aliphatic rings. The fourth-order valence-corrected chi connectivity index (χ4v) is 3.15. The minimum Gasteiger partial charge on any atom is -0.410 e. The summed E-state index contributed by atoms with van der Waals surface area (Å²) in [5.74, 6) is 0.424. The van der Waals surface area contributed by atoms with Crippen molar-refractivity contribution in [1.29, 1.82) is 0 Å². The number of carbonyl (C=O) groups excluding carboxylic acids is 1. The molecule has 0 radical (unpaired) electrons. The molecule has 2 heterocycles. The van der Waals surface area contributed by atoms with Crippen LogP contribution in [-0.4, -0.2) is 36.2 Å². The third-order valence-electron chi connectivity index (χ3n) is 3.81. The Morgan fingerprint density at radius 1 is 1.19 bits per heavy atom. The Labute approximate surface area is 140 Å². The molecule has 21 heavy (non-hydrogen) atoms. The molecular formula is C14H17Cl3N2O2. The molecular weight excluding hydrogens is 335 g/mol. The van der Waals surface area contributed by atoms with Gasteiger partial charge in [0.05, 0.1) is 10.0 Å². The Bertz CT molecular complexity index is 515. The molecule has 1 aromatic rings. The molecule has 2 atom stereocenters. The Morgan fingerprint density at radius 2 is 1.86 bits per heavy atom. The van der Waals surface area contributed by atoms with Crippen molar-refractivity contribution in [2.45, 2.75) is 31.3 Å². The van der Waals surface area contributed by atoms with E-state index in [-0.39, 0.29) is 18.5 Å². The molecule has 1 aromatic carbocycles. The smallest absolute Gasteiger partial charge is 0.410 e. The van der Waals surface area contributed by atoms with Gasteiger partial charge < -0.3 is 15.0 Å². The number of halogens is 3. The van der Waals surface area contributed by atoms with Crippen molar-refractivity contribution in [2.75, 3.05) is 13.1 Å². The first-order chi connectivity index (χ1) is 9.61. The van der Waals surface area contributed by atoms with Crippen molar-refractivity contribution in [3.8, 4) is 5.75 Å². The van der Waals surface area contributed by atoms with Gasteiger partial charge in [-0.15, -0.1) is 12.4 Å². The second-order valence-electron chi connectivity index (χ2n) is 5.34. The number of piperidine rings is 1. The average Bonchev–Trinajstić information content (AvgIpc) is 2.42. The van der Waals surface area contributed by atoms with Crippen LogP contribution in [0.15, 0.2) is 18.2 Å². The number of benzene rings is 1. The van der Waals surface area contributed by atoms with Gasteiger partial charge in [-0.3, -0.25) is 0 Å². The summed E-state index contributed by atoms with van der Waals surface area (Å²) < 4.78 is 5.37. The van der Waals surface area contributed by atoms with Crippen LogP contribution in [0.5, 0.6) is 5.75 Å². The van der Waals surface area contributed by atoms with Gasteiger partial charge in [0.1, 0.15) is 5.75 Å². The van der Waals surface area contributed by atoms with Crippen molar-refractivity contribution in [3.63, 3.8) is 0 Å². The highest BCUT2D eigenvalue weighted by atomic mass is 35.5. The third kappa shape index (κ3) is 3.95. The van der Waals surface area contributed by atoms with E-state index >= 15 is 0 Å². The van der Waals surface area contributed by atoms with Gasteiger partial charge in [-0.25, -0.2) is 4.79 Å². The van der Waals surface area contributed by atoms with Crippen molar-refractivity contribution < 1.29 is 9.53 Å². The molecule has 0 saturated carbocycles. The molecule has 0 spiro atoms. The lowest BCUT2D eigenvalue weighted by molar-refractivity contribution is 0.105. The van der Waals surface area contributed by atoms with Crippen LogP contribution >= 0.6 is 35.6 Å². The SMILES string of the molecule is Cl.O=C(Oc1ccc(Cl)c(Cl)c1)N1CC2CCCC(C1)N2. The summed E-state index contributed by atoms with van der Waals surface area (Å²) in [7, 11) is 0. The molecule has 2 unspecified atom stereocenters. The van der Waals surface area contributed by atoms with Crippen LogP contribution in [-0.2, 0) is 0 Å². The number of carbonyl (C=O) groups is 1. The zero-order valence-electron chi connectivity index (χ0n) is 11.4. The molecule has 2 aliphatic heterocycles. The van der Waals surface area contributed by atoms with Gasteiger partial charge in [0.2, 0.25) is 0 Å². The van der Waals surface area contributed by atoms with Crippen molar-refractivity contribution >= 4 is 41.7 Å². The lowest BCUT2D eigenvalue weighted by Crippen LogP contribution is -2.60. The van der Waals surface area contributed by atoms with E-state index in [2.05, 4.69) is 5.32 Å². The third-order valence-corrected chi connectivity index (χ3v) is 4.55. The lowest BCUT2D eigenvalue weighted by atomic mass is 9.94. The molecule has 116 valence electrons. The van der Waals surface area contributed by atoms with Crippen molar-refractivity contribution in [1.82, 2.24) is 10.2 Å². The van der Waals surface area contributed by atoms with E-state index in [1.54, 1.807) is 23.1 Å². The molecule has 7 heteroatoms. The van der Waals surface area contributed by atoms with Gasteiger partial charge in [0, 0.05) is 31.2 Å². The summed E-state index contributed by atoms with van der Waals surface area (Å²) in [4.78, 5) is 14.0. The number of ether oxygens (including phenoxy) is 1. The van der Waals surface area contributed by atoms with Crippen LogP contribution in [0.3, 0.4) is 0 Å². The second kappa shape index (κ2) is 7.05. The van der Waals surface area contributed by atoms with E-state index in [9.17, 15) is 4.79 Å².